The molecule has 0 amide bonds. The lowest BCUT2D eigenvalue weighted by Gasteiger charge is -2.27. The van der Waals surface area contributed by atoms with Gasteiger partial charge in [0.25, 0.3) is 0 Å². The van der Waals surface area contributed by atoms with Crippen molar-refractivity contribution in [3.63, 3.8) is 0 Å². The molecule has 738 valence electrons. The van der Waals surface area contributed by atoms with E-state index in [9.17, 15) is 15.3 Å². The largest absolute Gasteiger partial charge is 0.411 e. The molecular weight excluding hydrogens is 1870 g/mol. The second kappa shape index (κ2) is 57.6. The van der Waals surface area contributed by atoms with Crippen LogP contribution in [0.3, 0.4) is 0 Å². The standard InChI is InChI=1S/C20H37N5O3Si2.C20H39N5O2Si2.C20H36N4O3Si2.C19H33N5O2Si2.C6H4ClN3.CH4S.ClH.H2N2O/c1-17(23-26)18-14-20(25-19(22-18)8-9-21-25)24(15-27-10-12-29(2,3)4)16-28-11-13-30(5,6)7;1-17(21)18-14-20(25-19(23-18)8-9-22-25)24(15-26-10-12-28(2,3)4)16-27-11-13-29(5,6)7;1-17(25)18-14-20(24-19(22-18)8-9-21-24)23(15-26-10-12-28(2,3)4)16-27-11-13-29(5,6)7;1-27(2,3)11-9-25-15-23(16-26-10-12-28(4,5)6)19-13-17(14-20)22-18-7-8-21-24(18)19;7-10-6-4-2-1-3-5(6)8-9-10;1-2;;1-2-3/h8-9,14,26H,10-13,15-16H2,1-7H3;8-9,14,17H,10-13,15-16,21H2,1-7H3;8-9,14H,10-13,15-16H2,1-7H3;7-8,13H,9-12,15-16H2,1-6H3;1-4H;2H,1H3;1H;(H2,1,3)/i/hD. The van der Waals surface area contributed by atoms with E-state index in [1.54, 1.807) is 81.1 Å². The fourth-order valence-electron chi connectivity index (χ4n) is 11.2. The van der Waals surface area contributed by atoms with Crippen molar-refractivity contribution in [3.05, 3.63) is 125 Å². The summed E-state index contributed by atoms with van der Waals surface area (Å²) in [5.41, 5.74) is 13.2. The normalized spacial score (nSPS) is 12.4. The van der Waals surface area contributed by atoms with E-state index < -0.39 is 64.6 Å². The van der Waals surface area contributed by atoms with Crippen molar-refractivity contribution in [1.29, 1.82) is 6.39 Å². The number of ketones is 1. The Morgan fingerprint density at radius 1 is 0.477 bits per heavy atom. The Bertz CT molecular complexity index is 5010. The van der Waals surface area contributed by atoms with Gasteiger partial charge in [0.2, 0.25) is 0 Å². The highest BCUT2D eigenvalue weighted by molar-refractivity contribution is 7.79. The van der Waals surface area contributed by atoms with Gasteiger partial charge >= 0.3 is 0 Å². The lowest BCUT2D eigenvalue weighted by Crippen LogP contribution is -2.33. The van der Waals surface area contributed by atoms with Gasteiger partial charge < -0.3 is 68.4 Å². The molecule has 1 unspecified atom stereocenters. The quantitative estimate of drug-likeness (QED) is 0.00263. The van der Waals surface area contributed by atoms with E-state index in [1.165, 1.54) is 11.1 Å². The first-order valence-electron chi connectivity index (χ1n) is 45.0. The van der Waals surface area contributed by atoms with Gasteiger partial charge in [-0.2, -0.15) is 60.5 Å². The number of nitriles is 1. The Kier molecular flexibility index (Phi) is 51.1. The highest BCUT2D eigenvalue weighted by atomic mass is 35.5. The van der Waals surface area contributed by atoms with Gasteiger partial charge in [0.05, 0.1) is 36.2 Å². The number of para-hydroxylation sites is 1. The fraction of sp³-hybridized carbons (Fsp3) is 0.616. The number of carbonyl (C=O) groups excluding carboxylic acids is 1. The number of nitrogens with two attached hydrogens (primary N) is 2. The molecule has 0 bridgehead atoms. The van der Waals surface area contributed by atoms with Crippen molar-refractivity contribution >= 4 is 170 Å². The molecular formula is C86H156Cl2N24O11SSi8. The zero-order valence-electron chi connectivity index (χ0n) is 85.0. The molecule has 132 heavy (non-hydrogen) atoms. The summed E-state index contributed by atoms with van der Waals surface area (Å²) in [7, 11) is -9.21. The Balaban J connectivity index is 0.000000430. The molecule has 1 aromatic carbocycles. The first-order valence-corrected chi connectivity index (χ1v) is 75.4. The number of hydrogen-bond acceptors (Lipinski definition) is 30. The highest BCUT2D eigenvalue weighted by Gasteiger charge is 2.26. The average molecular weight is 2030 g/mol. The molecule has 10 aromatic rings. The van der Waals surface area contributed by atoms with Gasteiger partial charge in [-0.1, -0.05) is 174 Å². The maximum atomic E-state index is 12.0. The minimum atomic E-state index is -1.16. The molecule has 0 aliphatic carbocycles. The number of halogens is 2. The Hall–Kier alpha value is -7.36. The smallest absolute Gasteiger partial charge is 0.178 e. The molecule has 1 atom stereocenters. The van der Waals surface area contributed by atoms with Crippen molar-refractivity contribution in [2.75, 3.05) is 133 Å². The zero-order valence-corrected chi connectivity index (χ0v) is 94.4. The van der Waals surface area contributed by atoms with E-state index in [1.807, 2.05) is 74.7 Å². The summed E-state index contributed by atoms with van der Waals surface area (Å²) in [4.78, 5) is 46.2. The highest BCUT2D eigenvalue weighted by Crippen LogP contribution is 2.27. The van der Waals surface area contributed by atoms with Crippen molar-refractivity contribution in [2.45, 2.75) is 232 Å². The number of aromatic nitrogens is 15. The number of rotatable bonds is 47. The second-order valence-corrected chi connectivity index (χ2v) is 86.9. The van der Waals surface area contributed by atoms with Gasteiger partial charge in [0, 0.05) is 196 Å². The number of anilines is 4. The Morgan fingerprint density at radius 2 is 0.742 bits per heavy atom. The summed E-state index contributed by atoms with van der Waals surface area (Å²) in [6, 6.07) is 33.1. The van der Waals surface area contributed by atoms with Crippen LogP contribution >= 0.6 is 36.7 Å². The second-order valence-electron chi connectivity index (χ2n) is 41.6. The van der Waals surface area contributed by atoms with Crippen LogP contribution in [-0.4, -0.2) is 268 Å². The molecule has 35 nitrogen and oxygen atoms in total. The SMILES string of the molecule is CC(=NO)c1cc(N(COCC[Si](C)(C)C)COCC[Si](C)(C)C)n2nccc2n1.CC(=O)c1cc(N(COCC[Si](C)(C)C)COCC[Si](C)(C)C)n2nccc2n1.CC(N)c1cc(N(COCC[Si](C)(C)C)COCC[Si](C)(C)C)n2nccc2n1.C[Si](C)(C)CCOCN(COCC[Si](C)(C)C)c1cc(C#N)nc2ccnn12.Cl.Cln1nnc2ccccc21.NN=O.[2H]SC. The van der Waals surface area contributed by atoms with Crippen LogP contribution in [0.25, 0.3) is 33.6 Å². The summed E-state index contributed by atoms with van der Waals surface area (Å²) < 4.78 is 62.5. The summed E-state index contributed by atoms with van der Waals surface area (Å²) in [6.45, 7) is 70.5. The molecule has 0 spiro atoms. The van der Waals surface area contributed by atoms with Crippen molar-refractivity contribution < 1.29 is 47.9 Å². The van der Waals surface area contributed by atoms with Crippen molar-refractivity contribution in [1.82, 2.24) is 72.9 Å². The van der Waals surface area contributed by atoms with Gasteiger partial charge in [-0.25, -0.2) is 19.9 Å². The van der Waals surface area contributed by atoms with Crippen LogP contribution in [0, 0.1) is 16.2 Å². The lowest BCUT2D eigenvalue weighted by atomic mass is 10.2. The molecule has 0 fully saturated rings. The minimum absolute atomic E-state index is 0. The maximum absolute atomic E-state index is 12.0. The van der Waals surface area contributed by atoms with Crippen molar-refractivity contribution in [2.24, 2.45) is 22.0 Å². The summed E-state index contributed by atoms with van der Waals surface area (Å²) in [5.74, 6) is 7.05. The molecule has 9 aromatic heterocycles. The third kappa shape index (κ3) is 46.9. The summed E-state index contributed by atoms with van der Waals surface area (Å²) in [6.07, 6.45) is 8.54. The van der Waals surface area contributed by atoms with Gasteiger partial charge in [-0.3, -0.25) is 10.6 Å². The monoisotopic (exact) mass is 2030 g/mol. The first kappa shape index (κ1) is 117. The lowest BCUT2D eigenvalue weighted by molar-refractivity contribution is 0.0939. The van der Waals surface area contributed by atoms with Gasteiger partial charge in [0.15, 0.2) is 28.4 Å². The predicted molar refractivity (Wildman–Crippen MR) is 566 cm³/mol. The predicted octanol–water partition coefficient (Wildman–Crippen LogP) is 19.0. The molecule has 0 aliphatic rings. The van der Waals surface area contributed by atoms with Gasteiger partial charge in [-0.15, -0.1) is 22.4 Å². The maximum Gasteiger partial charge on any atom is 0.178 e. The number of Topliss-reactive ketones (excluding diaryl/α,β-unsaturated/α-hetero) is 1. The molecule has 46 heteroatoms. The topological polar surface area (TPSA) is 393 Å². The summed E-state index contributed by atoms with van der Waals surface area (Å²) >= 11 is 6.62. The van der Waals surface area contributed by atoms with Crippen LogP contribution in [0.2, 0.25) is 205 Å². The molecule has 9 heterocycles. The van der Waals surface area contributed by atoms with Crippen molar-refractivity contribution in [3.8, 4) is 6.07 Å². The zero-order chi connectivity index (χ0) is 98.9. The number of thiol groups is 1. The van der Waals surface area contributed by atoms with Gasteiger partial charge in [-0.05, 0) is 85.8 Å². The number of oxime groups is 1. The number of ether oxygens (including phenoxy) is 8. The minimum Gasteiger partial charge on any atom is -0.411 e. The number of hydrogen-bond donors (Lipinski definition) is 4. The number of benzene rings is 1. The number of nitrogens with zero attached hydrogens (tertiary/aromatic N) is 22. The number of nitroso groups, excluding NO2 is 1. The van der Waals surface area contributed by atoms with Crippen LogP contribution < -0.4 is 31.2 Å². The van der Waals surface area contributed by atoms with E-state index in [4.69, 9.17) is 61.4 Å². The van der Waals surface area contributed by atoms with E-state index >= 15 is 0 Å². The van der Waals surface area contributed by atoms with E-state index in [-0.39, 0.29) is 24.2 Å². The molecule has 10 rings (SSSR count). The van der Waals surface area contributed by atoms with Crippen LogP contribution in [-0.2, 0) is 37.9 Å². The van der Waals surface area contributed by atoms with E-state index in [0.29, 0.717) is 107 Å². The third-order valence-electron chi connectivity index (χ3n) is 19.4. The van der Waals surface area contributed by atoms with Crippen LogP contribution in [0.15, 0.2) is 108 Å². The van der Waals surface area contributed by atoms with Gasteiger partial charge in [0.1, 0.15) is 112 Å². The third-order valence-corrected chi connectivity index (χ3v) is 33.3. The van der Waals surface area contributed by atoms with Crippen LogP contribution in [0.5, 0.6) is 0 Å². The molecule has 0 saturated carbocycles. The number of carbonyl (C=O) groups is 1. The number of fused-ring (bicyclic) bond motifs is 5. The average Bonchev–Trinajstić information content (AvgIpc) is 1.77. The molecule has 5 N–H and O–H groups in total. The Morgan fingerprint density at radius 3 is 1.02 bits per heavy atom. The van der Waals surface area contributed by atoms with E-state index in [0.717, 1.165) is 146 Å². The van der Waals surface area contributed by atoms with Crippen LogP contribution in [0.4, 0.5) is 23.3 Å². The van der Waals surface area contributed by atoms with Crippen LogP contribution in [0.1, 0.15) is 54.4 Å². The molecule has 0 aliphatic heterocycles. The molecule has 0 saturated heterocycles. The Labute approximate surface area is 809 Å². The first-order chi connectivity index (χ1) is 61.7. The fourth-order valence-corrected chi connectivity index (χ4v) is 17.4. The summed E-state index contributed by atoms with van der Waals surface area (Å²) in [5, 5.41) is 48.6. The molecule has 0 radical (unpaired) electrons. The van der Waals surface area contributed by atoms with E-state index in [2.05, 4.69) is 230 Å².